The molecular weight excluding hydrogens is 426 g/mol. The summed E-state index contributed by atoms with van der Waals surface area (Å²) in [6.45, 7) is 2.14. The summed E-state index contributed by atoms with van der Waals surface area (Å²) in [6, 6.07) is 6.71. The molecule has 8 nitrogen and oxygen atoms in total. The number of imide groups is 1. The van der Waals surface area contributed by atoms with Crippen molar-refractivity contribution in [2.45, 2.75) is 43.3 Å². The smallest absolute Gasteiger partial charge is 0.322 e. The molecule has 1 saturated heterocycles. The molecule has 4 rings (SSSR count). The summed E-state index contributed by atoms with van der Waals surface area (Å²) in [5, 5.41) is 4.81. The van der Waals surface area contributed by atoms with Gasteiger partial charge in [0, 0.05) is 23.1 Å². The predicted molar refractivity (Wildman–Crippen MR) is 113 cm³/mol. The second-order valence-corrected chi connectivity index (χ2v) is 9.10. The minimum Gasteiger partial charge on any atom is -0.322 e. The number of halogens is 1. The monoisotopic (exact) mass is 447 g/mol. The molecule has 4 amide bonds. The van der Waals surface area contributed by atoms with Gasteiger partial charge in [-0.05, 0) is 49.8 Å². The second-order valence-electron chi connectivity index (χ2n) is 7.72. The predicted octanol–water partition coefficient (Wildman–Crippen LogP) is 3.15. The van der Waals surface area contributed by atoms with Crippen LogP contribution in [0, 0.1) is 5.92 Å². The molecular formula is C20H22ClN5O3S. The Bertz CT molecular complexity index is 986. The molecule has 2 heterocycles. The first kappa shape index (κ1) is 20.7. The number of hydrogen-bond acceptors (Lipinski definition) is 5. The molecule has 1 saturated carbocycles. The van der Waals surface area contributed by atoms with E-state index in [2.05, 4.69) is 22.7 Å². The Morgan fingerprint density at radius 3 is 2.87 bits per heavy atom. The lowest BCUT2D eigenvalue weighted by Gasteiger charge is -2.33. The first-order valence-electron chi connectivity index (χ1n) is 9.76. The van der Waals surface area contributed by atoms with Crippen molar-refractivity contribution in [3.8, 4) is 5.69 Å². The third-order valence-electron chi connectivity index (χ3n) is 5.55. The number of carbonyl (C=O) groups is 3. The van der Waals surface area contributed by atoms with Crippen LogP contribution in [0.4, 0.5) is 4.79 Å². The maximum atomic E-state index is 12.8. The highest BCUT2D eigenvalue weighted by atomic mass is 35.5. The van der Waals surface area contributed by atoms with E-state index < -0.39 is 17.5 Å². The fraction of sp³-hybridized carbons (Fsp3) is 0.400. The molecule has 0 bridgehead atoms. The maximum Gasteiger partial charge on any atom is 0.344 e. The third-order valence-corrected chi connectivity index (χ3v) is 6.75. The van der Waals surface area contributed by atoms with E-state index >= 15 is 0 Å². The van der Waals surface area contributed by atoms with Gasteiger partial charge in [-0.2, -0.15) is 5.01 Å². The summed E-state index contributed by atoms with van der Waals surface area (Å²) >= 11 is 7.26. The number of aromatic nitrogens is 2. The van der Waals surface area contributed by atoms with Gasteiger partial charge in [0.1, 0.15) is 5.54 Å². The molecule has 0 unspecified atom stereocenters. The minimum absolute atomic E-state index is 0.00132. The lowest BCUT2D eigenvalue weighted by atomic mass is 9.77. The van der Waals surface area contributed by atoms with Gasteiger partial charge in [0.05, 0.1) is 5.75 Å². The number of benzene rings is 1. The highest BCUT2D eigenvalue weighted by Crippen LogP contribution is 2.35. The van der Waals surface area contributed by atoms with Gasteiger partial charge >= 0.3 is 6.03 Å². The summed E-state index contributed by atoms with van der Waals surface area (Å²) in [5.41, 5.74) is 2.39. The van der Waals surface area contributed by atoms with E-state index in [4.69, 9.17) is 11.6 Å². The van der Waals surface area contributed by atoms with E-state index in [0.29, 0.717) is 28.9 Å². The van der Waals surface area contributed by atoms with E-state index in [-0.39, 0.29) is 11.7 Å². The van der Waals surface area contributed by atoms with Gasteiger partial charge < -0.3 is 5.32 Å². The zero-order valence-corrected chi connectivity index (χ0v) is 18.0. The van der Waals surface area contributed by atoms with Crippen LogP contribution in [0.2, 0.25) is 5.02 Å². The summed E-state index contributed by atoms with van der Waals surface area (Å²) < 4.78 is 1.82. The zero-order chi connectivity index (χ0) is 21.3. The van der Waals surface area contributed by atoms with Gasteiger partial charge in [-0.1, -0.05) is 36.4 Å². The Morgan fingerprint density at radius 1 is 1.37 bits per heavy atom. The Morgan fingerprint density at radius 2 is 2.13 bits per heavy atom. The van der Waals surface area contributed by atoms with Gasteiger partial charge in [-0.3, -0.25) is 19.6 Å². The Kier molecular flexibility index (Phi) is 5.75. The molecule has 2 aromatic rings. The quantitative estimate of drug-likeness (QED) is 0.542. The van der Waals surface area contributed by atoms with Crippen LogP contribution < -0.4 is 10.7 Å². The average Bonchev–Trinajstić information content (AvgIpc) is 3.28. The summed E-state index contributed by atoms with van der Waals surface area (Å²) in [6.07, 6.45) is 6.34. The standard InChI is InChI=1S/C20H22ClN5O3S/c1-13-5-7-20(8-6-13)17(28)26(18(29)23-20)24-16(27)12-30-19-22-9-10-25(19)15-4-2-3-14(21)11-15/h2-4,9-11,13H,5-8,12H2,1H3,(H,23,29)(H,24,27). The number of urea groups is 1. The van der Waals surface area contributed by atoms with E-state index in [0.717, 1.165) is 23.5 Å². The van der Waals surface area contributed by atoms with Gasteiger partial charge in [0.25, 0.3) is 5.91 Å². The number of nitrogens with one attached hydrogen (secondary N) is 2. The summed E-state index contributed by atoms with van der Waals surface area (Å²) in [7, 11) is 0. The highest BCUT2D eigenvalue weighted by Gasteiger charge is 2.52. The number of rotatable bonds is 5. The molecule has 1 aromatic carbocycles. The molecule has 2 fully saturated rings. The van der Waals surface area contributed by atoms with Crippen LogP contribution in [0.5, 0.6) is 0 Å². The Labute approximate surface area is 183 Å². The zero-order valence-electron chi connectivity index (χ0n) is 16.4. The number of hydrazine groups is 1. The number of amides is 4. The van der Waals surface area contributed by atoms with Crippen LogP contribution >= 0.6 is 23.4 Å². The van der Waals surface area contributed by atoms with Gasteiger partial charge in [-0.15, -0.1) is 0 Å². The summed E-state index contributed by atoms with van der Waals surface area (Å²) in [5.74, 6) is -0.300. The molecule has 2 N–H and O–H groups in total. The van der Waals surface area contributed by atoms with Crippen molar-refractivity contribution in [2.24, 2.45) is 5.92 Å². The van der Waals surface area contributed by atoms with E-state index in [9.17, 15) is 14.4 Å². The van der Waals surface area contributed by atoms with Crippen LogP contribution in [-0.2, 0) is 9.59 Å². The molecule has 1 aliphatic heterocycles. The van der Waals surface area contributed by atoms with E-state index in [1.807, 2.05) is 16.7 Å². The lowest BCUT2D eigenvalue weighted by molar-refractivity contribution is -0.139. The number of thioether (sulfide) groups is 1. The maximum absolute atomic E-state index is 12.8. The van der Waals surface area contributed by atoms with Crippen LogP contribution in [0.3, 0.4) is 0 Å². The molecule has 1 spiro atoms. The number of carbonyl (C=O) groups excluding carboxylic acids is 3. The Hall–Kier alpha value is -2.52. The molecule has 1 aromatic heterocycles. The van der Waals surface area contributed by atoms with Crippen LogP contribution in [0.1, 0.15) is 32.6 Å². The number of imidazole rings is 1. The SMILES string of the molecule is CC1CCC2(CC1)NC(=O)N(NC(=O)CSc1nccn1-c1cccc(Cl)c1)C2=O. The largest absolute Gasteiger partial charge is 0.344 e. The molecule has 158 valence electrons. The van der Waals surface area contributed by atoms with Gasteiger partial charge in [0.15, 0.2) is 5.16 Å². The lowest BCUT2D eigenvalue weighted by Crippen LogP contribution is -2.51. The van der Waals surface area contributed by atoms with Crippen molar-refractivity contribution in [2.75, 3.05) is 5.75 Å². The van der Waals surface area contributed by atoms with Crippen molar-refractivity contribution in [1.82, 2.24) is 25.3 Å². The van der Waals surface area contributed by atoms with E-state index in [1.54, 1.807) is 24.5 Å². The summed E-state index contributed by atoms with van der Waals surface area (Å²) in [4.78, 5) is 41.9. The third kappa shape index (κ3) is 4.04. The van der Waals surface area contributed by atoms with Crippen molar-refractivity contribution in [1.29, 1.82) is 0 Å². The molecule has 30 heavy (non-hydrogen) atoms. The molecule has 1 aliphatic carbocycles. The molecule has 0 atom stereocenters. The van der Waals surface area contributed by atoms with Crippen molar-refractivity contribution in [3.05, 3.63) is 41.7 Å². The number of hydrogen-bond donors (Lipinski definition) is 2. The van der Waals surface area contributed by atoms with Crippen LogP contribution in [-0.4, -0.2) is 43.7 Å². The van der Waals surface area contributed by atoms with Crippen molar-refractivity contribution < 1.29 is 14.4 Å². The highest BCUT2D eigenvalue weighted by molar-refractivity contribution is 7.99. The Balaban J connectivity index is 1.38. The van der Waals surface area contributed by atoms with Gasteiger partial charge in [-0.25, -0.2) is 9.78 Å². The van der Waals surface area contributed by atoms with E-state index in [1.165, 1.54) is 11.8 Å². The van der Waals surface area contributed by atoms with Crippen molar-refractivity contribution in [3.63, 3.8) is 0 Å². The topological polar surface area (TPSA) is 96.3 Å². The number of nitrogens with zero attached hydrogens (tertiary/aromatic N) is 3. The fourth-order valence-corrected chi connectivity index (χ4v) is 4.77. The van der Waals surface area contributed by atoms with Gasteiger partial charge in [0.2, 0.25) is 5.91 Å². The first-order chi connectivity index (χ1) is 14.4. The molecule has 0 radical (unpaired) electrons. The normalized spacial score (nSPS) is 23.7. The molecule has 10 heteroatoms. The second kappa shape index (κ2) is 8.31. The minimum atomic E-state index is -0.882. The first-order valence-corrected chi connectivity index (χ1v) is 11.1. The average molecular weight is 448 g/mol. The fourth-order valence-electron chi connectivity index (χ4n) is 3.82. The van der Waals surface area contributed by atoms with Crippen molar-refractivity contribution >= 4 is 41.2 Å². The van der Waals surface area contributed by atoms with Crippen LogP contribution in [0.15, 0.2) is 41.8 Å². The molecule has 2 aliphatic rings. The van der Waals surface area contributed by atoms with Crippen LogP contribution in [0.25, 0.3) is 5.69 Å².